The molecule has 0 spiro atoms. The zero-order valence-corrected chi connectivity index (χ0v) is 17.4. The van der Waals surface area contributed by atoms with Gasteiger partial charge in [-0.1, -0.05) is 12.5 Å². The summed E-state index contributed by atoms with van der Waals surface area (Å²) < 4.78 is 37.7. The molecule has 11 heteroatoms. The highest BCUT2D eigenvalue weighted by molar-refractivity contribution is 5.92. The fraction of sp³-hybridized carbons (Fsp3) is 0.476. The molecule has 1 saturated carbocycles. The van der Waals surface area contributed by atoms with Crippen molar-refractivity contribution in [1.29, 1.82) is 0 Å². The average Bonchev–Trinajstić information content (AvgIpc) is 3.30. The lowest BCUT2D eigenvalue weighted by Crippen LogP contribution is -2.36. The molecule has 172 valence electrons. The smallest absolute Gasteiger partial charge is 0.477 e. The highest BCUT2D eigenvalue weighted by Crippen LogP contribution is 2.49. The van der Waals surface area contributed by atoms with Crippen LogP contribution in [0.25, 0.3) is 0 Å². The van der Waals surface area contributed by atoms with Crippen molar-refractivity contribution in [2.75, 3.05) is 19.7 Å². The van der Waals surface area contributed by atoms with Gasteiger partial charge in [0.2, 0.25) is 5.88 Å². The van der Waals surface area contributed by atoms with Crippen molar-refractivity contribution in [2.24, 2.45) is 11.3 Å². The Labute approximate surface area is 182 Å². The Kier molecular flexibility index (Phi) is 6.95. The molecule has 1 aliphatic carbocycles. The molecule has 1 N–H and O–H groups in total. The summed E-state index contributed by atoms with van der Waals surface area (Å²) >= 11 is 0. The summed E-state index contributed by atoms with van der Waals surface area (Å²) in [5, 5.41) is 7.12. The van der Waals surface area contributed by atoms with Crippen LogP contribution in [0.1, 0.15) is 35.4 Å². The second kappa shape index (κ2) is 9.49. The number of carboxylic acids is 1. The third-order valence-electron chi connectivity index (χ3n) is 5.71. The minimum Gasteiger partial charge on any atom is -0.477 e. The minimum atomic E-state index is -5.08. The van der Waals surface area contributed by atoms with Gasteiger partial charge in [-0.05, 0) is 31.7 Å². The van der Waals surface area contributed by atoms with E-state index in [4.69, 9.17) is 14.6 Å². The van der Waals surface area contributed by atoms with Crippen molar-refractivity contribution in [1.82, 2.24) is 19.9 Å². The number of carboxylic acid groups (broad SMARTS) is 1. The van der Waals surface area contributed by atoms with Gasteiger partial charge in [0.25, 0.3) is 5.91 Å². The van der Waals surface area contributed by atoms with Gasteiger partial charge in [0.1, 0.15) is 5.69 Å². The molecule has 1 saturated heterocycles. The van der Waals surface area contributed by atoms with Crippen LogP contribution in [-0.2, 0) is 4.79 Å². The van der Waals surface area contributed by atoms with E-state index in [0.717, 1.165) is 31.6 Å². The Morgan fingerprint density at radius 3 is 2.59 bits per heavy atom. The molecule has 8 nitrogen and oxygen atoms in total. The van der Waals surface area contributed by atoms with Crippen LogP contribution in [0.5, 0.6) is 5.88 Å². The predicted molar refractivity (Wildman–Crippen MR) is 106 cm³/mol. The van der Waals surface area contributed by atoms with E-state index in [1.807, 2.05) is 30.0 Å². The lowest BCUT2D eigenvalue weighted by Gasteiger charge is -2.28. The van der Waals surface area contributed by atoms with E-state index in [9.17, 15) is 18.0 Å². The maximum absolute atomic E-state index is 12.8. The van der Waals surface area contributed by atoms with Crippen LogP contribution in [-0.4, -0.2) is 62.7 Å². The predicted octanol–water partition coefficient (Wildman–Crippen LogP) is 3.13. The third kappa shape index (κ3) is 5.51. The van der Waals surface area contributed by atoms with E-state index in [0.29, 0.717) is 24.1 Å². The quantitative estimate of drug-likeness (QED) is 0.760. The molecule has 32 heavy (non-hydrogen) atoms. The molecule has 0 radical (unpaired) electrons. The number of amides is 1. The van der Waals surface area contributed by atoms with Crippen LogP contribution in [0.2, 0.25) is 0 Å². The Hall–Kier alpha value is -3.24. The van der Waals surface area contributed by atoms with E-state index < -0.39 is 12.1 Å². The SMILES string of the molecule is Cc1cnc(C(=O)N2C[C@H]3CCC[C@@]3(COc3ccccn3)C2)cn1.O=C(O)C(F)(F)F. The molecule has 0 bridgehead atoms. The first-order valence-corrected chi connectivity index (χ1v) is 10.0. The zero-order valence-electron chi connectivity index (χ0n) is 17.4. The van der Waals surface area contributed by atoms with Gasteiger partial charge in [-0.15, -0.1) is 0 Å². The van der Waals surface area contributed by atoms with Gasteiger partial charge in [-0.3, -0.25) is 9.78 Å². The number of carbonyl (C=O) groups is 2. The van der Waals surface area contributed by atoms with Crippen LogP contribution in [0, 0.1) is 18.3 Å². The minimum absolute atomic E-state index is 0.0286. The van der Waals surface area contributed by atoms with Gasteiger partial charge in [0.05, 0.1) is 18.5 Å². The summed E-state index contributed by atoms with van der Waals surface area (Å²) in [6.45, 7) is 3.97. The first-order chi connectivity index (χ1) is 15.1. The number of ether oxygens (including phenoxy) is 1. The van der Waals surface area contributed by atoms with E-state index in [-0.39, 0.29) is 11.3 Å². The number of alkyl halides is 3. The first kappa shape index (κ1) is 23.4. The van der Waals surface area contributed by atoms with E-state index >= 15 is 0 Å². The standard InChI is InChI=1S/C19H22N4O2.C2HF3O2/c1-14-9-22-16(10-21-14)18(24)23-11-15-5-4-7-19(15,12-23)13-25-17-6-2-3-8-20-17;3-2(4,5)1(6)7/h2-3,6,8-10,15H,4-5,7,11-13H2,1H3;(H,6,7)/t15-,19+;/m1./s1. The summed E-state index contributed by atoms with van der Waals surface area (Å²) in [5.74, 6) is -1.65. The first-order valence-electron chi connectivity index (χ1n) is 10.0. The largest absolute Gasteiger partial charge is 0.490 e. The van der Waals surface area contributed by atoms with Crippen molar-refractivity contribution < 1.29 is 32.6 Å². The van der Waals surface area contributed by atoms with Crippen molar-refractivity contribution in [3.05, 3.63) is 48.2 Å². The molecular formula is C21H23F3N4O4. The number of halogens is 3. The normalized spacial score (nSPS) is 22.0. The van der Waals surface area contributed by atoms with Gasteiger partial charge in [0.15, 0.2) is 0 Å². The van der Waals surface area contributed by atoms with E-state index in [1.54, 1.807) is 18.6 Å². The molecule has 2 aromatic rings. The summed E-state index contributed by atoms with van der Waals surface area (Å²) in [5.41, 5.74) is 1.27. The van der Waals surface area contributed by atoms with E-state index in [2.05, 4.69) is 15.0 Å². The van der Waals surface area contributed by atoms with Crippen LogP contribution < -0.4 is 4.74 Å². The molecule has 2 atom stereocenters. The molecule has 2 fully saturated rings. The Morgan fingerprint density at radius 1 is 1.25 bits per heavy atom. The van der Waals surface area contributed by atoms with Gasteiger partial charge in [-0.2, -0.15) is 13.2 Å². The van der Waals surface area contributed by atoms with Gasteiger partial charge >= 0.3 is 12.1 Å². The Balaban J connectivity index is 0.000000360. The number of likely N-dealkylation sites (tertiary alicyclic amines) is 1. The molecular weight excluding hydrogens is 429 g/mol. The van der Waals surface area contributed by atoms with Crippen molar-refractivity contribution in [3.63, 3.8) is 0 Å². The van der Waals surface area contributed by atoms with Crippen LogP contribution in [0.3, 0.4) is 0 Å². The molecule has 3 heterocycles. The number of pyridine rings is 1. The molecule has 2 aliphatic rings. The highest BCUT2D eigenvalue weighted by Gasteiger charge is 2.51. The number of aliphatic carboxylic acids is 1. The zero-order chi connectivity index (χ0) is 23.4. The number of aryl methyl sites for hydroxylation is 1. The molecule has 2 aromatic heterocycles. The van der Waals surface area contributed by atoms with Gasteiger partial charge in [0, 0.05) is 37.0 Å². The summed E-state index contributed by atoms with van der Waals surface area (Å²) in [6, 6.07) is 5.68. The Morgan fingerprint density at radius 2 is 2.00 bits per heavy atom. The summed E-state index contributed by atoms with van der Waals surface area (Å²) in [6.07, 6.45) is 3.30. The Bertz CT molecular complexity index is 940. The van der Waals surface area contributed by atoms with Crippen molar-refractivity contribution in [3.8, 4) is 5.88 Å². The van der Waals surface area contributed by atoms with E-state index in [1.165, 1.54) is 6.42 Å². The van der Waals surface area contributed by atoms with Gasteiger partial charge in [-0.25, -0.2) is 14.8 Å². The highest BCUT2D eigenvalue weighted by atomic mass is 19.4. The monoisotopic (exact) mass is 452 g/mol. The fourth-order valence-corrected chi connectivity index (χ4v) is 4.12. The number of hydrogen-bond acceptors (Lipinski definition) is 6. The fourth-order valence-electron chi connectivity index (χ4n) is 4.12. The topological polar surface area (TPSA) is 106 Å². The number of fused-ring (bicyclic) bond motifs is 1. The molecule has 1 aliphatic heterocycles. The number of rotatable bonds is 4. The number of nitrogens with zero attached hydrogens (tertiary/aromatic N) is 4. The maximum Gasteiger partial charge on any atom is 0.490 e. The van der Waals surface area contributed by atoms with Crippen LogP contribution in [0.4, 0.5) is 13.2 Å². The molecule has 0 unspecified atom stereocenters. The molecule has 1 amide bonds. The van der Waals surface area contributed by atoms with Crippen molar-refractivity contribution in [2.45, 2.75) is 32.4 Å². The van der Waals surface area contributed by atoms with Gasteiger partial charge < -0.3 is 14.7 Å². The second-order valence-corrected chi connectivity index (χ2v) is 7.94. The maximum atomic E-state index is 12.8. The summed E-state index contributed by atoms with van der Waals surface area (Å²) in [7, 11) is 0. The number of carbonyl (C=O) groups excluding carboxylic acids is 1. The van der Waals surface area contributed by atoms with Crippen molar-refractivity contribution >= 4 is 11.9 Å². The lowest BCUT2D eigenvalue weighted by molar-refractivity contribution is -0.192. The molecule has 0 aromatic carbocycles. The number of hydrogen-bond donors (Lipinski definition) is 1. The lowest BCUT2D eigenvalue weighted by atomic mass is 9.81. The number of aromatic nitrogens is 3. The molecule has 4 rings (SSSR count). The second-order valence-electron chi connectivity index (χ2n) is 7.94. The van der Waals surface area contributed by atoms with Crippen LogP contribution in [0.15, 0.2) is 36.8 Å². The summed E-state index contributed by atoms with van der Waals surface area (Å²) in [4.78, 5) is 36.3. The third-order valence-corrected chi connectivity index (χ3v) is 5.71. The van der Waals surface area contributed by atoms with Crippen LogP contribution >= 0.6 is 0 Å². The average molecular weight is 452 g/mol.